The molecule has 1 aromatic heterocycles. The molecule has 0 saturated carbocycles. The molecule has 0 atom stereocenters. The monoisotopic (exact) mass is 372 g/mol. The fraction of sp³-hybridized carbons (Fsp3) is 0.214. The lowest BCUT2D eigenvalue weighted by Gasteiger charge is -2.07. The van der Waals surface area contributed by atoms with Gasteiger partial charge in [0.25, 0.3) is 5.91 Å². The number of carbonyl (C=O) groups is 2. The summed E-state index contributed by atoms with van der Waals surface area (Å²) < 4.78 is 32.6. The minimum atomic E-state index is -3.51. The number of anilines is 1. The number of aromatic nitrogens is 1. The Bertz CT molecular complexity index is 890. The predicted octanol–water partition coefficient (Wildman–Crippen LogP) is 1.84. The first kappa shape index (κ1) is 18.0. The summed E-state index contributed by atoms with van der Waals surface area (Å²) in [4.78, 5) is 23.6. The van der Waals surface area contributed by atoms with Gasteiger partial charge in [0.2, 0.25) is 5.88 Å². The van der Waals surface area contributed by atoms with Crippen LogP contribution in [0.2, 0.25) is 5.02 Å². The number of sulfone groups is 1. The Morgan fingerprint density at radius 3 is 2.62 bits per heavy atom. The Morgan fingerprint density at radius 2 is 2.04 bits per heavy atom. The van der Waals surface area contributed by atoms with Gasteiger partial charge in [-0.15, -0.1) is 0 Å². The van der Waals surface area contributed by atoms with E-state index in [2.05, 4.69) is 10.5 Å². The van der Waals surface area contributed by atoms with Gasteiger partial charge in [-0.3, -0.25) is 10.1 Å². The summed E-state index contributed by atoms with van der Waals surface area (Å²) in [7, 11) is -3.51. The van der Waals surface area contributed by atoms with Crippen LogP contribution in [0.4, 0.5) is 5.88 Å². The third-order valence-corrected chi connectivity index (χ3v) is 4.25. The third-order valence-electron chi connectivity index (χ3n) is 2.81. The molecule has 1 N–H and O–H groups in total. The molecule has 0 radical (unpaired) electrons. The van der Waals surface area contributed by atoms with Gasteiger partial charge in [-0.05, 0) is 25.1 Å². The second-order valence-corrected chi connectivity index (χ2v) is 7.29. The van der Waals surface area contributed by atoms with Crippen molar-refractivity contribution in [2.24, 2.45) is 0 Å². The molecule has 0 spiro atoms. The number of halogens is 1. The zero-order valence-electron chi connectivity index (χ0n) is 12.7. The van der Waals surface area contributed by atoms with Crippen molar-refractivity contribution < 1.29 is 27.3 Å². The molecule has 0 bridgehead atoms. The number of ether oxygens (including phenoxy) is 1. The maximum Gasteiger partial charge on any atom is 0.340 e. The molecule has 2 aromatic rings. The molecule has 0 fully saturated rings. The summed E-state index contributed by atoms with van der Waals surface area (Å²) >= 11 is 5.87. The third kappa shape index (κ3) is 4.56. The van der Waals surface area contributed by atoms with Crippen molar-refractivity contribution in [1.29, 1.82) is 0 Å². The van der Waals surface area contributed by atoms with E-state index in [4.69, 9.17) is 20.9 Å². The van der Waals surface area contributed by atoms with Crippen LogP contribution in [0.5, 0.6) is 0 Å². The molecule has 128 valence electrons. The molecule has 0 aliphatic heterocycles. The van der Waals surface area contributed by atoms with Crippen molar-refractivity contribution in [1.82, 2.24) is 5.16 Å². The maximum atomic E-state index is 12.0. The van der Waals surface area contributed by atoms with E-state index in [1.807, 2.05) is 0 Å². The average Bonchev–Trinajstić information content (AvgIpc) is 2.89. The minimum absolute atomic E-state index is 0.0127. The molecule has 1 amide bonds. The molecule has 2 rings (SSSR count). The van der Waals surface area contributed by atoms with E-state index in [1.165, 1.54) is 18.2 Å². The summed E-state index contributed by atoms with van der Waals surface area (Å²) in [6, 6.07) is 5.13. The van der Waals surface area contributed by atoms with Crippen molar-refractivity contribution in [3.8, 4) is 0 Å². The van der Waals surface area contributed by atoms with Gasteiger partial charge in [-0.2, -0.15) is 0 Å². The Hall–Kier alpha value is -2.39. The number of hydrogen-bond acceptors (Lipinski definition) is 7. The molecule has 0 aliphatic rings. The first-order valence-electron chi connectivity index (χ1n) is 6.56. The number of benzene rings is 1. The van der Waals surface area contributed by atoms with E-state index in [0.717, 1.165) is 12.3 Å². The smallest absolute Gasteiger partial charge is 0.340 e. The standard InChI is InChI=1S/C14H13ClN2O6S/c1-8-5-13(23-17-8)16-12(18)7-22-14(19)10-6-9(24(2,20)21)3-4-11(10)15/h3-6H,7H2,1-2H3,(H,16,18). The summed E-state index contributed by atoms with van der Waals surface area (Å²) in [5, 5.41) is 5.94. The van der Waals surface area contributed by atoms with Crippen LogP contribution in [0.25, 0.3) is 0 Å². The van der Waals surface area contributed by atoms with Crippen LogP contribution in [0.3, 0.4) is 0 Å². The highest BCUT2D eigenvalue weighted by molar-refractivity contribution is 7.90. The van der Waals surface area contributed by atoms with Crippen molar-refractivity contribution in [3.05, 3.63) is 40.5 Å². The molecule has 10 heteroatoms. The van der Waals surface area contributed by atoms with Gasteiger partial charge in [0, 0.05) is 12.3 Å². The maximum absolute atomic E-state index is 12.0. The Morgan fingerprint density at radius 1 is 1.33 bits per heavy atom. The van der Waals surface area contributed by atoms with Crippen molar-refractivity contribution in [2.45, 2.75) is 11.8 Å². The van der Waals surface area contributed by atoms with Crippen molar-refractivity contribution in [3.63, 3.8) is 0 Å². The number of aryl methyl sites for hydroxylation is 1. The van der Waals surface area contributed by atoms with E-state index in [-0.39, 0.29) is 21.4 Å². The van der Waals surface area contributed by atoms with Crippen molar-refractivity contribution in [2.75, 3.05) is 18.2 Å². The molecular formula is C14H13ClN2O6S. The van der Waals surface area contributed by atoms with Crippen LogP contribution in [-0.2, 0) is 19.4 Å². The Labute approximate surface area is 142 Å². The molecule has 1 heterocycles. The molecule has 0 unspecified atom stereocenters. The van der Waals surface area contributed by atoms with E-state index in [1.54, 1.807) is 6.92 Å². The number of amides is 1. The topological polar surface area (TPSA) is 116 Å². The highest BCUT2D eigenvalue weighted by atomic mass is 35.5. The van der Waals surface area contributed by atoms with Crippen LogP contribution in [0.1, 0.15) is 16.1 Å². The van der Waals surface area contributed by atoms with E-state index in [0.29, 0.717) is 5.69 Å². The SMILES string of the molecule is Cc1cc(NC(=O)COC(=O)c2cc(S(C)(=O)=O)ccc2Cl)on1. The first-order valence-corrected chi connectivity index (χ1v) is 8.83. The number of esters is 1. The van der Waals surface area contributed by atoms with Crippen molar-refractivity contribution >= 4 is 39.2 Å². The average molecular weight is 373 g/mol. The quantitative estimate of drug-likeness (QED) is 0.796. The van der Waals surface area contributed by atoms with Crippen LogP contribution in [0, 0.1) is 6.92 Å². The normalized spacial score (nSPS) is 11.1. The predicted molar refractivity (Wildman–Crippen MR) is 84.7 cm³/mol. The number of nitrogens with zero attached hydrogens (tertiary/aromatic N) is 1. The number of rotatable bonds is 5. The van der Waals surface area contributed by atoms with Gasteiger partial charge in [0.05, 0.1) is 21.2 Å². The van der Waals surface area contributed by atoms with Crippen LogP contribution in [0.15, 0.2) is 33.7 Å². The Balaban J connectivity index is 2.03. The molecule has 24 heavy (non-hydrogen) atoms. The first-order chi connectivity index (χ1) is 11.2. The van der Waals surface area contributed by atoms with Gasteiger partial charge in [0.15, 0.2) is 16.4 Å². The van der Waals surface area contributed by atoms with Crippen LogP contribution < -0.4 is 5.32 Å². The van der Waals surface area contributed by atoms with Crippen LogP contribution >= 0.6 is 11.6 Å². The fourth-order valence-electron chi connectivity index (χ4n) is 1.70. The summed E-state index contributed by atoms with van der Waals surface area (Å²) in [5.74, 6) is -1.45. The number of carbonyl (C=O) groups excluding carboxylic acids is 2. The summed E-state index contributed by atoms with van der Waals surface area (Å²) in [5.41, 5.74) is 0.426. The zero-order chi connectivity index (χ0) is 17.9. The number of nitrogens with one attached hydrogen (secondary N) is 1. The lowest BCUT2D eigenvalue weighted by atomic mass is 10.2. The van der Waals surface area contributed by atoms with E-state index < -0.39 is 28.3 Å². The lowest BCUT2D eigenvalue weighted by Crippen LogP contribution is -2.21. The van der Waals surface area contributed by atoms with E-state index in [9.17, 15) is 18.0 Å². The molecule has 0 aliphatic carbocycles. The summed E-state index contributed by atoms with van der Waals surface area (Å²) in [6.45, 7) is 1.08. The molecule has 1 aromatic carbocycles. The van der Waals surface area contributed by atoms with Gasteiger partial charge >= 0.3 is 5.97 Å². The lowest BCUT2D eigenvalue weighted by molar-refractivity contribution is -0.119. The van der Waals surface area contributed by atoms with Crippen LogP contribution in [-0.4, -0.2) is 38.3 Å². The largest absolute Gasteiger partial charge is 0.452 e. The Kier molecular flexibility index (Phi) is 5.25. The molecule has 0 saturated heterocycles. The number of hydrogen-bond donors (Lipinski definition) is 1. The minimum Gasteiger partial charge on any atom is -0.452 e. The highest BCUT2D eigenvalue weighted by Gasteiger charge is 2.18. The summed E-state index contributed by atoms with van der Waals surface area (Å²) in [6.07, 6.45) is 0.998. The fourth-order valence-corrected chi connectivity index (χ4v) is 2.54. The molecular weight excluding hydrogens is 360 g/mol. The van der Waals surface area contributed by atoms with Gasteiger partial charge in [0.1, 0.15) is 0 Å². The van der Waals surface area contributed by atoms with Gasteiger partial charge < -0.3 is 9.26 Å². The second-order valence-electron chi connectivity index (χ2n) is 4.87. The highest BCUT2D eigenvalue weighted by Crippen LogP contribution is 2.21. The second kappa shape index (κ2) is 7.02. The van der Waals surface area contributed by atoms with Gasteiger partial charge in [-0.1, -0.05) is 16.8 Å². The molecule has 8 nitrogen and oxygen atoms in total. The zero-order valence-corrected chi connectivity index (χ0v) is 14.3. The van der Waals surface area contributed by atoms with E-state index >= 15 is 0 Å². The van der Waals surface area contributed by atoms with Gasteiger partial charge in [-0.25, -0.2) is 13.2 Å².